The molecule has 0 saturated heterocycles. The number of rotatable bonds is 3. The third-order valence-corrected chi connectivity index (χ3v) is 2.73. The van der Waals surface area contributed by atoms with Crippen molar-refractivity contribution in [2.75, 3.05) is 5.32 Å². The van der Waals surface area contributed by atoms with Crippen LogP contribution in [0.25, 0.3) is 5.82 Å². The van der Waals surface area contributed by atoms with Crippen LogP contribution in [0.1, 0.15) is 10.5 Å². The Balaban J connectivity index is 1.91. The summed E-state index contributed by atoms with van der Waals surface area (Å²) < 4.78 is 15.4. The third kappa shape index (κ3) is 2.76. The highest BCUT2D eigenvalue weighted by Crippen LogP contribution is 2.12. The molecule has 7 heteroatoms. The average Bonchev–Trinajstić information content (AvgIpc) is 3.03. The van der Waals surface area contributed by atoms with Gasteiger partial charge in [0.15, 0.2) is 11.5 Å². The van der Waals surface area contributed by atoms with Gasteiger partial charge in [0, 0.05) is 18.6 Å². The topological polar surface area (TPSA) is 72.7 Å². The van der Waals surface area contributed by atoms with Crippen molar-refractivity contribution >= 4 is 11.6 Å². The molecule has 0 aliphatic rings. The largest absolute Gasteiger partial charge is 0.319 e. The van der Waals surface area contributed by atoms with E-state index in [0.29, 0.717) is 11.5 Å². The van der Waals surface area contributed by atoms with Crippen molar-refractivity contribution in [1.82, 2.24) is 19.5 Å². The number of carbonyl (C=O) groups is 1. The van der Waals surface area contributed by atoms with E-state index in [1.54, 1.807) is 35.3 Å². The predicted octanol–water partition coefficient (Wildman–Crippen LogP) is 2.05. The second kappa shape index (κ2) is 5.49. The van der Waals surface area contributed by atoms with Gasteiger partial charge >= 0.3 is 0 Å². The van der Waals surface area contributed by atoms with Crippen molar-refractivity contribution < 1.29 is 9.18 Å². The number of hydrogen-bond acceptors (Lipinski definition) is 4. The van der Waals surface area contributed by atoms with Gasteiger partial charge in [-0.2, -0.15) is 0 Å². The summed E-state index contributed by atoms with van der Waals surface area (Å²) in [7, 11) is 0. The Hall–Kier alpha value is -3.09. The molecule has 3 rings (SSSR count). The number of nitrogens with one attached hydrogen (secondary N) is 1. The fourth-order valence-electron chi connectivity index (χ4n) is 1.76. The van der Waals surface area contributed by atoms with Gasteiger partial charge in [-0.3, -0.25) is 14.3 Å². The number of amides is 1. The van der Waals surface area contributed by atoms with Crippen LogP contribution < -0.4 is 5.32 Å². The lowest BCUT2D eigenvalue weighted by molar-refractivity contribution is 0.101. The number of aromatic nitrogens is 4. The summed E-state index contributed by atoms with van der Waals surface area (Å²) in [6.07, 6.45) is 7.79. The molecule has 6 nitrogen and oxygen atoms in total. The SMILES string of the molecule is O=C(Nc1cccnc1)c1nc(-n2ccnc2)ccc1F. The number of halogens is 1. The molecule has 0 saturated carbocycles. The normalized spacial score (nSPS) is 10.3. The molecule has 1 N–H and O–H groups in total. The van der Waals surface area contributed by atoms with Gasteiger partial charge in [0.1, 0.15) is 12.1 Å². The van der Waals surface area contributed by atoms with E-state index in [1.807, 2.05) is 0 Å². The molecule has 3 heterocycles. The molecule has 1 amide bonds. The van der Waals surface area contributed by atoms with Crippen molar-refractivity contribution in [3.63, 3.8) is 0 Å². The van der Waals surface area contributed by atoms with Gasteiger partial charge in [0.05, 0.1) is 11.9 Å². The Morgan fingerprint density at radius 1 is 1.19 bits per heavy atom. The minimum absolute atomic E-state index is 0.287. The molecule has 0 radical (unpaired) electrons. The van der Waals surface area contributed by atoms with Gasteiger partial charge < -0.3 is 5.32 Å². The maximum atomic E-state index is 13.8. The first-order chi connectivity index (χ1) is 10.2. The lowest BCUT2D eigenvalue weighted by atomic mass is 10.3. The number of anilines is 1. The summed E-state index contributed by atoms with van der Waals surface area (Å²) in [4.78, 5) is 23.9. The standard InChI is InChI=1S/C14H10FN5O/c15-11-3-4-12(20-7-6-17-9-20)19-13(11)14(21)18-10-2-1-5-16-8-10/h1-9H,(H,18,21). The van der Waals surface area contributed by atoms with E-state index in [9.17, 15) is 9.18 Å². The molecule has 0 aliphatic heterocycles. The molecule has 21 heavy (non-hydrogen) atoms. The first-order valence-electron chi connectivity index (χ1n) is 6.10. The van der Waals surface area contributed by atoms with Gasteiger partial charge in [0.2, 0.25) is 0 Å². The summed E-state index contributed by atoms with van der Waals surface area (Å²) >= 11 is 0. The van der Waals surface area contributed by atoms with Gasteiger partial charge in [-0.1, -0.05) is 0 Å². The predicted molar refractivity (Wildman–Crippen MR) is 73.5 cm³/mol. The molecule has 104 valence electrons. The zero-order chi connectivity index (χ0) is 14.7. The van der Waals surface area contributed by atoms with Crippen LogP contribution in [0.5, 0.6) is 0 Å². The minimum Gasteiger partial charge on any atom is -0.319 e. The zero-order valence-corrected chi connectivity index (χ0v) is 10.8. The first-order valence-corrected chi connectivity index (χ1v) is 6.10. The molecule has 3 aromatic heterocycles. The number of carbonyl (C=O) groups excluding carboxylic acids is 1. The van der Waals surface area contributed by atoms with Crippen molar-refractivity contribution in [3.05, 3.63) is 66.9 Å². The lowest BCUT2D eigenvalue weighted by Gasteiger charge is -2.07. The van der Waals surface area contributed by atoms with Gasteiger partial charge in [-0.05, 0) is 24.3 Å². The van der Waals surface area contributed by atoms with Gasteiger partial charge in [-0.15, -0.1) is 0 Å². The van der Waals surface area contributed by atoms with Crippen LogP contribution in [0.3, 0.4) is 0 Å². The second-order valence-electron chi connectivity index (χ2n) is 4.17. The number of pyridine rings is 2. The van der Waals surface area contributed by atoms with E-state index >= 15 is 0 Å². The molecule has 0 bridgehead atoms. The van der Waals surface area contributed by atoms with E-state index in [1.165, 1.54) is 24.7 Å². The molecule has 0 aliphatic carbocycles. The fourth-order valence-corrected chi connectivity index (χ4v) is 1.76. The highest BCUT2D eigenvalue weighted by Gasteiger charge is 2.15. The van der Waals surface area contributed by atoms with E-state index in [4.69, 9.17) is 0 Å². The Labute approximate surface area is 119 Å². The lowest BCUT2D eigenvalue weighted by Crippen LogP contribution is -2.17. The van der Waals surface area contributed by atoms with Crippen LogP contribution in [0, 0.1) is 5.82 Å². The second-order valence-corrected chi connectivity index (χ2v) is 4.17. The molecule has 0 unspecified atom stereocenters. The summed E-state index contributed by atoms with van der Waals surface area (Å²) in [6.45, 7) is 0. The van der Waals surface area contributed by atoms with E-state index in [0.717, 1.165) is 0 Å². The summed E-state index contributed by atoms with van der Waals surface area (Å²) in [6, 6.07) is 5.99. The maximum absolute atomic E-state index is 13.8. The molecule has 0 fully saturated rings. The Kier molecular flexibility index (Phi) is 3.38. The summed E-state index contributed by atoms with van der Waals surface area (Å²) in [5, 5.41) is 2.54. The van der Waals surface area contributed by atoms with Crippen LogP contribution in [0.2, 0.25) is 0 Å². The van der Waals surface area contributed by atoms with E-state index in [2.05, 4.69) is 20.3 Å². The quantitative estimate of drug-likeness (QED) is 0.798. The fraction of sp³-hybridized carbons (Fsp3) is 0. The molecular weight excluding hydrogens is 273 g/mol. The van der Waals surface area contributed by atoms with Crippen LogP contribution in [-0.2, 0) is 0 Å². The van der Waals surface area contributed by atoms with Gasteiger partial charge in [-0.25, -0.2) is 14.4 Å². The molecule has 0 atom stereocenters. The maximum Gasteiger partial charge on any atom is 0.277 e. The monoisotopic (exact) mass is 283 g/mol. The Bertz CT molecular complexity index is 758. The third-order valence-electron chi connectivity index (χ3n) is 2.73. The van der Waals surface area contributed by atoms with Crippen molar-refractivity contribution in [3.8, 4) is 5.82 Å². The Morgan fingerprint density at radius 3 is 2.81 bits per heavy atom. The minimum atomic E-state index is -0.694. The van der Waals surface area contributed by atoms with Crippen molar-refractivity contribution in [2.45, 2.75) is 0 Å². The first kappa shape index (κ1) is 12.9. The number of imidazole rings is 1. The van der Waals surface area contributed by atoms with Crippen LogP contribution in [-0.4, -0.2) is 25.4 Å². The average molecular weight is 283 g/mol. The van der Waals surface area contributed by atoms with Crippen LogP contribution in [0.4, 0.5) is 10.1 Å². The molecular formula is C14H10FN5O. The summed E-state index contributed by atoms with van der Waals surface area (Å²) in [5.74, 6) is -0.923. The van der Waals surface area contributed by atoms with Gasteiger partial charge in [0.25, 0.3) is 5.91 Å². The van der Waals surface area contributed by atoms with Crippen molar-refractivity contribution in [2.24, 2.45) is 0 Å². The van der Waals surface area contributed by atoms with Crippen molar-refractivity contribution in [1.29, 1.82) is 0 Å². The number of hydrogen-bond donors (Lipinski definition) is 1. The van der Waals surface area contributed by atoms with Crippen LogP contribution in [0.15, 0.2) is 55.4 Å². The van der Waals surface area contributed by atoms with E-state index < -0.39 is 11.7 Å². The molecule has 3 aromatic rings. The molecule has 0 spiro atoms. The highest BCUT2D eigenvalue weighted by molar-refractivity contribution is 6.03. The summed E-state index contributed by atoms with van der Waals surface area (Å²) in [5.41, 5.74) is 0.182. The number of nitrogens with zero attached hydrogens (tertiary/aromatic N) is 4. The smallest absolute Gasteiger partial charge is 0.277 e. The Morgan fingerprint density at radius 2 is 2.10 bits per heavy atom. The zero-order valence-electron chi connectivity index (χ0n) is 10.8. The molecule has 0 aromatic carbocycles. The van der Waals surface area contributed by atoms with Crippen LogP contribution >= 0.6 is 0 Å². The highest BCUT2D eigenvalue weighted by atomic mass is 19.1. The van der Waals surface area contributed by atoms with E-state index in [-0.39, 0.29) is 5.69 Å².